The van der Waals surface area contributed by atoms with Crippen molar-refractivity contribution in [3.63, 3.8) is 0 Å². The standard InChI is InChI=1S/C13H24N2O4/c1-9-3-5-13(8-14,6-4-9)12(18)15-7-10(16)11(17)19-2/h9-10,16H,3-8,14H2,1-2H3,(H,15,18). The molecule has 0 aromatic heterocycles. The van der Waals surface area contributed by atoms with Crippen LogP contribution in [-0.4, -0.2) is 43.3 Å². The minimum atomic E-state index is -1.33. The minimum absolute atomic E-state index is 0.136. The molecule has 19 heavy (non-hydrogen) atoms. The Labute approximate surface area is 113 Å². The number of aliphatic hydroxyl groups is 1. The molecule has 1 rings (SSSR count). The van der Waals surface area contributed by atoms with Gasteiger partial charge in [0.05, 0.1) is 19.1 Å². The Morgan fingerprint density at radius 3 is 2.53 bits per heavy atom. The molecule has 0 aromatic carbocycles. The number of hydrogen-bond acceptors (Lipinski definition) is 5. The van der Waals surface area contributed by atoms with Crippen LogP contribution in [0.3, 0.4) is 0 Å². The molecule has 6 heteroatoms. The Kier molecular flexibility index (Phi) is 5.75. The highest BCUT2D eigenvalue weighted by atomic mass is 16.5. The molecular formula is C13H24N2O4. The van der Waals surface area contributed by atoms with Gasteiger partial charge in [0.15, 0.2) is 6.10 Å². The highest BCUT2D eigenvalue weighted by Gasteiger charge is 2.39. The molecule has 0 spiro atoms. The fourth-order valence-corrected chi connectivity index (χ4v) is 2.43. The van der Waals surface area contributed by atoms with Crippen LogP contribution >= 0.6 is 0 Å². The SMILES string of the molecule is COC(=O)C(O)CNC(=O)C1(CN)CCC(C)CC1. The molecule has 1 fully saturated rings. The summed E-state index contributed by atoms with van der Waals surface area (Å²) in [6.45, 7) is 2.32. The molecule has 1 amide bonds. The zero-order chi connectivity index (χ0) is 14.5. The first kappa shape index (κ1) is 15.9. The predicted octanol–water partition coefficient (Wildman–Crippen LogP) is -0.208. The average Bonchev–Trinajstić information content (AvgIpc) is 2.44. The van der Waals surface area contributed by atoms with E-state index in [1.54, 1.807) is 0 Å². The van der Waals surface area contributed by atoms with Crippen molar-refractivity contribution in [1.29, 1.82) is 0 Å². The number of methoxy groups -OCH3 is 1. The monoisotopic (exact) mass is 272 g/mol. The van der Waals surface area contributed by atoms with Crippen LogP contribution < -0.4 is 11.1 Å². The van der Waals surface area contributed by atoms with Gasteiger partial charge in [-0.1, -0.05) is 6.92 Å². The molecule has 1 unspecified atom stereocenters. The summed E-state index contributed by atoms with van der Waals surface area (Å²) >= 11 is 0. The van der Waals surface area contributed by atoms with Crippen LogP contribution in [0.15, 0.2) is 0 Å². The van der Waals surface area contributed by atoms with Gasteiger partial charge in [-0.05, 0) is 31.6 Å². The molecule has 1 aliphatic carbocycles. The smallest absolute Gasteiger partial charge is 0.336 e. The molecular weight excluding hydrogens is 248 g/mol. The maximum absolute atomic E-state index is 12.2. The van der Waals surface area contributed by atoms with E-state index < -0.39 is 17.5 Å². The summed E-state index contributed by atoms with van der Waals surface area (Å²) in [6, 6.07) is 0. The molecule has 1 atom stereocenters. The average molecular weight is 272 g/mol. The van der Waals surface area contributed by atoms with E-state index in [0.29, 0.717) is 12.5 Å². The molecule has 1 aliphatic rings. The van der Waals surface area contributed by atoms with E-state index in [1.807, 2.05) is 0 Å². The van der Waals surface area contributed by atoms with Crippen molar-refractivity contribution in [1.82, 2.24) is 5.32 Å². The first-order valence-electron chi connectivity index (χ1n) is 6.69. The summed E-state index contributed by atoms with van der Waals surface area (Å²) < 4.78 is 4.39. The van der Waals surface area contributed by atoms with E-state index in [-0.39, 0.29) is 12.5 Å². The second-order valence-electron chi connectivity index (χ2n) is 5.42. The zero-order valence-corrected chi connectivity index (χ0v) is 11.6. The van der Waals surface area contributed by atoms with Gasteiger partial charge >= 0.3 is 5.97 Å². The first-order valence-corrected chi connectivity index (χ1v) is 6.69. The Morgan fingerprint density at radius 1 is 1.47 bits per heavy atom. The summed E-state index contributed by atoms with van der Waals surface area (Å²) in [5.74, 6) is -0.308. The van der Waals surface area contributed by atoms with Crippen molar-refractivity contribution in [2.24, 2.45) is 17.1 Å². The lowest BCUT2D eigenvalue weighted by molar-refractivity contribution is -0.150. The number of nitrogens with one attached hydrogen (secondary N) is 1. The van der Waals surface area contributed by atoms with Crippen LogP contribution in [0.1, 0.15) is 32.6 Å². The largest absolute Gasteiger partial charge is 0.467 e. The number of ether oxygens (including phenoxy) is 1. The quantitative estimate of drug-likeness (QED) is 0.601. The topological polar surface area (TPSA) is 102 Å². The molecule has 0 radical (unpaired) electrons. The lowest BCUT2D eigenvalue weighted by atomic mass is 9.70. The van der Waals surface area contributed by atoms with Gasteiger partial charge in [0.2, 0.25) is 5.91 Å². The highest BCUT2D eigenvalue weighted by Crippen LogP contribution is 2.38. The molecule has 0 aromatic rings. The van der Waals surface area contributed by atoms with Crippen LogP contribution in [0.4, 0.5) is 0 Å². The predicted molar refractivity (Wildman–Crippen MR) is 70.2 cm³/mol. The number of carbonyl (C=O) groups excluding carboxylic acids is 2. The third kappa shape index (κ3) is 3.91. The van der Waals surface area contributed by atoms with Gasteiger partial charge in [-0.15, -0.1) is 0 Å². The summed E-state index contributed by atoms with van der Waals surface area (Å²) in [4.78, 5) is 23.3. The Bertz CT molecular complexity index is 325. The molecule has 0 aliphatic heterocycles. The number of esters is 1. The van der Waals surface area contributed by atoms with E-state index in [9.17, 15) is 14.7 Å². The maximum atomic E-state index is 12.2. The number of hydrogen-bond donors (Lipinski definition) is 3. The van der Waals surface area contributed by atoms with Crippen molar-refractivity contribution >= 4 is 11.9 Å². The summed E-state index contributed by atoms with van der Waals surface area (Å²) in [7, 11) is 1.19. The summed E-state index contributed by atoms with van der Waals surface area (Å²) in [6.07, 6.45) is 2.13. The first-order chi connectivity index (χ1) is 8.95. The van der Waals surface area contributed by atoms with E-state index in [0.717, 1.165) is 25.7 Å². The van der Waals surface area contributed by atoms with Crippen LogP contribution in [0.25, 0.3) is 0 Å². The highest BCUT2D eigenvalue weighted by molar-refractivity contribution is 5.84. The van der Waals surface area contributed by atoms with E-state index in [4.69, 9.17) is 5.73 Å². The number of nitrogens with two attached hydrogens (primary N) is 1. The lowest BCUT2D eigenvalue weighted by Crippen LogP contribution is -2.50. The fraction of sp³-hybridized carbons (Fsp3) is 0.846. The van der Waals surface area contributed by atoms with Gasteiger partial charge < -0.3 is 20.9 Å². The molecule has 4 N–H and O–H groups in total. The van der Waals surface area contributed by atoms with Crippen LogP contribution in [0.2, 0.25) is 0 Å². The number of amides is 1. The molecule has 6 nitrogen and oxygen atoms in total. The summed E-state index contributed by atoms with van der Waals surface area (Å²) in [5, 5.41) is 12.0. The Hall–Kier alpha value is -1.14. The van der Waals surface area contributed by atoms with Crippen molar-refractivity contribution < 1.29 is 19.4 Å². The van der Waals surface area contributed by atoms with Gasteiger partial charge in [-0.3, -0.25) is 4.79 Å². The Balaban J connectivity index is 2.53. The van der Waals surface area contributed by atoms with Gasteiger partial charge in [0.1, 0.15) is 0 Å². The van der Waals surface area contributed by atoms with Gasteiger partial charge in [-0.2, -0.15) is 0 Å². The van der Waals surface area contributed by atoms with Crippen molar-refractivity contribution in [2.45, 2.75) is 38.7 Å². The molecule has 0 bridgehead atoms. The summed E-state index contributed by atoms with van der Waals surface area (Å²) in [5.41, 5.74) is 5.21. The maximum Gasteiger partial charge on any atom is 0.336 e. The van der Waals surface area contributed by atoms with E-state index in [1.165, 1.54) is 7.11 Å². The van der Waals surface area contributed by atoms with Crippen molar-refractivity contribution in [3.8, 4) is 0 Å². The van der Waals surface area contributed by atoms with Gasteiger partial charge in [0.25, 0.3) is 0 Å². The molecule has 110 valence electrons. The normalized spacial score (nSPS) is 28.5. The fourth-order valence-electron chi connectivity index (χ4n) is 2.43. The molecule has 0 saturated heterocycles. The third-order valence-corrected chi connectivity index (χ3v) is 4.03. The van der Waals surface area contributed by atoms with Crippen LogP contribution in [0, 0.1) is 11.3 Å². The second kappa shape index (κ2) is 6.86. The number of aliphatic hydroxyl groups excluding tert-OH is 1. The number of carbonyl (C=O) groups is 2. The van der Waals surface area contributed by atoms with Crippen LogP contribution in [0.5, 0.6) is 0 Å². The Morgan fingerprint density at radius 2 is 2.05 bits per heavy atom. The van der Waals surface area contributed by atoms with Gasteiger partial charge in [-0.25, -0.2) is 4.79 Å². The van der Waals surface area contributed by atoms with Crippen molar-refractivity contribution in [3.05, 3.63) is 0 Å². The molecule has 1 saturated carbocycles. The number of rotatable bonds is 5. The minimum Gasteiger partial charge on any atom is -0.467 e. The third-order valence-electron chi connectivity index (χ3n) is 4.03. The van der Waals surface area contributed by atoms with Crippen LogP contribution in [-0.2, 0) is 14.3 Å². The van der Waals surface area contributed by atoms with E-state index in [2.05, 4.69) is 17.0 Å². The van der Waals surface area contributed by atoms with Gasteiger partial charge in [0, 0.05) is 6.54 Å². The second-order valence-corrected chi connectivity index (χ2v) is 5.42. The molecule has 0 heterocycles. The van der Waals surface area contributed by atoms with E-state index >= 15 is 0 Å². The van der Waals surface area contributed by atoms with Crippen molar-refractivity contribution in [2.75, 3.05) is 20.2 Å². The zero-order valence-electron chi connectivity index (χ0n) is 11.6. The lowest BCUT2D eigenvalue weighted by Gasteiger charge is -2.37.